The first kappa shape index (κ1) is 15.0. The topological polar surface area (TPSA) is 74.7 Å². The van der Waals surface area contributed by atoms with E-state index >= 15 is 0 Å². The van der Waals surface area contributed by atoms with E-state index in [0.717, 1.165) is 21.9 Å². The molecule has 1 aromatic rings. The minimum absolute atomic E-state index is 0.00937. The summed E-state index contributed by atoms with van der Waals surface area (Å²) in [4.78, 5) is 11.4. The van der Waals surface area contributed by atoms with Crippen molar-refractivity contribution in [2.75, 3.05) is 5.75 Å². The van der Waals surface area contributed by atoms with E-state index in [1.807, 2.05) is 31.2 Å². The summed E-state index contributed by atoms with van der Waals surface area (Å²) in [6, 6.07) is 6.42. The van der Waals surface area contributed by atoms with Crippen LogP contribution in [0.3, 0.4) is 0 Å². The molecule has 0 saturated heterocycles. The van der Waals surface area contributed by atoms with Crippen molar-refractivity contribution in [1.29, 1.82) is 0 Å². The second-order valence-corrected chi connectivity index (χ2v) is 7.08. The molecule has 1 N–H and O–H groups in total. The third-order valence-electron chi connectivity index (χ3n) is 3.60. The van der Waals surface area contributed by atoms with Gasteiger partial charge in [-0.2, -0.15) is 4.31 Å². The van der Waals surface area contributed by atoms with Crippen LogP contribution < -0.4 is 0 Å². The molecule has 1 aliphatic rings. The Bertz CT molecular complexity index is 597. The molecule has 1 atom stereocenters. The predicted molar refractivity (Wildman–Crippen MR) is 75.8 cm³/mol. The highest BCUT2D eigenvalue weighted by Crippen LogP contribution is 2.26. The molecule has 5 nitrogen and oxygen atoms in total. The Labute approximate surface area is 119 Å². The maximum absolute atomic E-state index is 12.3. The van der Waals surface area contributed by atoms with Crippen LogP contribution in [0.1, 0.15) is 30.9 Å². The van der Waals surface area contributed by atoms with Gasteiger partial charge in [-0.25, -0.2) is 8.42 Å². The number of benzene rings is 1. The fourth-order valence-corrected chi connectivity index (χ4v) is 4.22. The number of aliphatic carboxylic acids is 1. The van der Waals surface area contributed by atoms with Gasteiger partial charge in [-0.05, 0) is 17.5 Å². The molecular weight excluding hydrogens is 278 g/mol. The van der Waals surface area contributed by atoms with Gasteiger partial charge in [0.05, 0.1) is 5.75 Å². The molecule has 6 heteroatoms. The van der Waals surface area contributed by atoms with Crippen LogP contribution in [-0.2, 0) is 27.8 Å². The highest BCUT2D eigenvalue weighted by atomic mass is 32.2. The van der Waals surface area contributed by atoms with E-state index in [1.54, 1.807) is 0 Å². The van der Waals surface area contributed by atoms with Crippen LogP contribution in [0.2, 0.25) is 0 Å². The van der Waals surface area contributed by atoms with Gasteiger partial charge in [-0.15, -0.1) is 0 Å². The Morgan fingerprint density at radius 1 is 1.35 bits per heavy atom. The van der Waals surface area contributed by atoms with Crippen molar-refractivity contribution in [1.82, 2.24) is 4.31 Å². The van der Waals surface area contributed by atoms with Crippen LogP contribution in [0.25, 0.3) is 0 Å². The summed E-state index contributed by atoms with van der Waals surface area (Å²) in [5.74, 6) is -1.07. The summed E-state index contributed by atoms with van der Waals surface area (Å²) >= 11 is 0. The lowest BCUT2D eigenvalue weighted by molar-refractivity contribution is -0.141. The average molecular weight is 297 g/mol. The molecule has 1 unspecified atom stereocenters. The number of sulfonamides is 1. The van der Waals surface area contributed by atoms with Crippen molar-refractivity contribution >= 4 is 16.0 Å². The number of hydrogen-bond donors (Lipinski definition) is 1. The van der Waals surface area contributed by atoms with E-state index in [0.29, 0.717) is 6.42 Å². The molecular formula is C14H19NO4S. The van der Waals surface area contributed by atoms with Gasteiger partial charge in [0.15, 0.2) is 0 Å². The molecule has 0 bridgehead atoms. The molecule has 1 heterocycles. The minimum Gasteiger partial charge on any atom is -0.480 e. The quantitative estimate of drug-likeness (QED) is 0.896. The molecule has 0 aromatic heterocycles. The molecule has 110 valence electrons. The maximum atomic E-state index is 12.3. The van der Waals surface area contributed by atoms with Gasteiger partial charge in [0, 0.05) is 13.0 Å². The first-order chi connectivity index (χ1) is 9.45. The fourth-order valence-electron chi connectivity index (χ4n) is 2.45. The molecule has 0 spiro atoms. The minimum atomic E-state index is -3.53. The van der Waals surface area contributed by atoms with Crippen molar-refractivity contribution in [3.63, 3.8) is 0 Å². The third kappa shape index (κ3) is 3.02. The average Bonchev–Trinajstić information content (AvgIpc) is 2.43. The van der Waals surface area contributed by atoms with Gasteiger partial charge in [-0.1, -0.05) is 37.6 Å². The van der Waals surface area contributed by atoms with E-state index < -0.39 is 22.0 Å². The van der Waals surface area contributed by atoms with Crippen LogP contribution in [0.15, 0.2) is 24.3 Å². The summed E-state index contributed by atoms with van der Waals surface area (Å²) in [5, 5.41) is 9.32. The third-order valence-corrected chi connectivity index (χ3v) is 5.51. The molecule has 0 saturated carbocycles. The molecule has 2 rings (SSSR count). The van der Waals surface area contributed by atoms with Crippen molar-refractivity contribution in [2.45, 2.75) is 38.8 Å². The Morgan fingerprint density at radius 3 is 2.60 bits per heavy atom. The summed E-state index contributed by atoms with van der Waals surface area (Å²) in [7, 11) is -3.53. The number of carboxylic acids is 1. The lowest BCUT2D eigenvalue weighted by atomic mass is 9.96. The van der Waals surface area contributed by atoms with Gasteiger partial charge in [0.2, 0.25) is 10.0 Å². The number of nitrogens with zero attached hydrogens (tertiary/aromatic N) is 1. The zero-order valence-electron chi connectivity index (χ0n) is 11.4. The first-order valence-corrected chi connectivity index (χ1v) is 8.35. The van der Waals surface area contributed by atoms with Gasteiger partial charge in [0.1, 0.15) is 6.04 Å². The summed E-state index contributed by atoms with van der Waals surface area (Å²) in [6.45, 7) is 2.06. The zero-order chi connectivity index (χ0) is 14.8. The molecule has 20 heavy (non-hydrogen) atoms. The van der Waals surface area contributed by atoms with E-state index in [1.165, 1.54) is 0 Å². The molecule has 1 aromatic carbocycles. The van der Waals surface area contributed by atoms with Crippen LogP contribution in [0.4, 0.5) is 0 Å². The normalized spacial score (nSPS) is 19.6. The lowest BCUT2D eigenvalue weighted by Crippen LogP contribution is -2.49. The van der Waals surface area contributed by atoms with Crippen molar-refractivity contribution in [2.24, 2.45) is 0 Å². The summed E-state index contributed by atoms with van der Waals surface area (Å²) in [5.41, 5.74) is 1.81. The van der Waals surface area contributed by atoms with E-state index in [-0.39, 0.29) is 18.7 Å². The van der Waals surface area contributed by atoms with Crippen LogP contribution >= 0.6 is 0 Å². The molecule has 0 fully saturated rings. The highest BCUT2D eigenvalue weighted by molar-refractivity contribution is 7.89. The Morgan fingerprint density at radius 2 is 2.00 bits per heavy atom. The van der Waals surface area contributed by atoms with Crippen molar-refractivity contribution in [3.05, 3.63) is 35.4 Å². The molecule has 0 aliphatic carbocycles. The van der Waals surface area contributed by atoms with Gasteiger partial charge < -0.3 is 5.11 Å². The largest absolute Gasteiger partial charge is 0.480 e. The number of hydrogen-bond acceptors (Lipinski definition) is 3. The van der Waals surface area contributed by atoms with Crippen LogP contribution in [0, 0.1) is 0 Å². The standard InChI is InChI=1S/C14H19NO4S/c1-2-3-8-20(18,19)15-10-12-7-5-4-6-11(12)9-13(15)14(16)17/h4-7,13H,2-3,8-10H2,1H3,(H,16,17). The zero-order valence-corrected chi connectivity index (χ0v) is 12.3. The fraction of sp³-hybridized carbons (Fsp3) is 0.500. The molecule has 0 amide bonds. The second-order valence-electron chi connectivity index (χ2n) is 5.04. The maximum Gasteiger partial charge on any atom is 0.322 e. The Balaban J connectivity index is 2.33. The smallest absolute Gasteiger partial charge is 0.322 e. The Kier molecular flexibility index (Phi) is 4.45. The van der Waals surface area contributed by atoms with Crippen LogP contribution in [-0.4, -0.2) is 35.6 Å². The first-order valence-electron chi connectivity index (χ1n) is 6.75. The van der Waals surface area contributed by atoms with Crippen molar-refractivity contribution < 1.29 is 18.3 Å². The van der Waals surface area contributed by atoms with E-state index in [4.69, 9.17) is 0 Å². The van der Waals surface area contributed by atoms with E-state index in [9.17, 15) is 18.3 Å². The monoisotopic (exact) mass is 297 g/mol. The summed E-state index contributed by atoms with van der Waals surface area (Å²) in [6.07, 6.45) is 1.55. The Hall–Kier alpha value is -1.40. The summed E-state index contributed by atoms with van der Waals surface area (Å²) < 4.78 is 25.8. The number of carboxylic acid groups (broad SMARTS) is 1. The van der Waals surface area contributed by atoms with E-state index in [2.05, 4.69) is 0 Å². The van der Waals surface area contributed by atoms with Crippen LogP contribution in [0.5, 0.6) is 0 Å². The number of carbonyl (C=O) groups is 1. The second kappa shape index (κ2) is 5.93. The number of unbranched alkanes of at least 4 members (excludes halogenated alkanes) is 1. The number of rotatable bonds is 5. The van der Waals surface area contributed by atoms with Gasteiger partial charge in [-0.3, -0.25) is 4.79 Å². The van der Waals surface area contributed by atoms with Gasteiger partial charge in [0.25, 0.3) is 0 Å². The predicted octanol–water partition coefficient (Wildman–Crippen LogP) is 1.63. The highest BCUT2D eigenvalue weighted by Gasteiger charge is 2.38. The lowest BCUT2D eigenvalue weighted by Gasteiger charge is -2.33. The van der Waals surface area contributed by atoms with Crippen molar-refractivity contribution in [3.8, 4) is 0 Å². The molecule has 0 radical (unpaired) electrons. The number of fused-ring (bicyclic) bond motifs is 1. The molecule has 1 aliphatic heterocycles. The SMILES string of the molecule is CCCCS(=O)(=O)N1Cc2ccccc2CC1C(=O)O. The van der Waals surface area contributed by atoms with Gasteiger partial charge >= 0.3 is 5.97 Å².